The van der Waals surface area contributed by atoms with Gasteiger partial charge in [0.2, 0.25) is 0 Å². The molecule has 1 atom stereocenters. The Morgan fingerprint density at radius 3 is 2.70 bits per heavy atom. The number of aromatic nitrogens is 3. The molecule has 1 unspecified atom stereocenters. The van der Waals surface area contributed by atoms with E-state index >= 15 is 0 Å². The van der Waals surface area contributed by atoms with E-state index in [4.69, 9.17) is 14.2 Å². The molecular formula is C20H23FN4O2. The lowest BCUT2D eigenvalue weighted by Crippen LogP contribution is -2.38. The van der Waals surface area contributed by atoms with E-state index in [1.165, 1.54) is 19.6 Å². The van der Waals surface area contributed by atoms with Gasteiger partial charge in [-0.15, -0.1) is 0 Å². The molecule has 6 nitrogen and oxygen atoms in total. The van der Waals surface area contributed by atoms with Gasteiger partial charge in [0.05, 0.1) is 12.7 Å². The fourth-order valence-electron chi connectivity index (χ4n) is 3.83. The zero-order valence-corrected chi connectivity index (χ0v) is 16.0. The average Bonchev–Trinajstić information content (AvgIpc) is 3.08. The number of nitrogens with zero attached hydrogens (tertiary/aromatic N) is 4. The second-order valence-electron chi connectivity index (χ2n) is 7.13. The van der Waals surface area contributed by atoms with Crippen molar-refractivity contribution in [2.45, 2.75) is 46.1 Å². The first-order valence-electron chi connectivity index (χ1n) is 9.24. The SMILES string of the molecule is COc1cc(F)c2nc(N3CCCCC3C)c(-c3nc(C)no3)c(C)c2c1. The van der Waals surface area contributed by atoms with Gasteiger partial charge in [-0.1, -0.05) is 5.16 Å². The number of fused-ring (bicyclic) bond motifs is 1. The van der Waals surface area contributed by atoms with E-state index in [1.54, 1.807) is 13.0 Å². The zero-order chi connectivity index (χ0) is 19.1. The molecule has 0 aliphatic carbocycles. The highest BCUT2D eigenvalue weighted by Crippen LogP contribution is 2.39. The number of rotatable bonds is 3. The van der Waals surface area contributed by atoms with Crippen LogP contribution >= 0.6 is 0 Å². The molecule has 1 aromatic carbocycles. The standard InChI is InChI=1S/C20H23FN4O2/c1-11-7-5-6-8-25(11)19-17(20-22-13(3)24-27-20)12(2)15-9-14(26-4)10-16(21)18(15)23-19/h9-11H,5-8H2,1-4H3. The number of hydrogen-bond acceptors (Lipinski definition) is 6. The van der Waals surface area contributed by atoms with E-state index in [1.807, 2.05) is 6.92 Å². The van der Waals surface area contributed by atoms with Crippen LogP contribution in [0.3, 0.4) is 0 Å². The van der Waals surface area contributed by atoms with Crippen molar-refractivity contribution in [3.05, 3.63) is 29.3 Å². The van der Waals surface area contributed by atoms with Crippen molar-refractivity contribution >= 4 is 16.7 Å². The van der Waals surface area contributed by atoms with Gasteiger partial charge in [0.25, 0.3) is 5.89 Å². The second-order valence-corrected chi connectivity index (χ2v) is 7.13. The predicted molar refractivity (Wildman–Crippen MR) is 102 cm³/mol. The maximum absolute atomic E-state index is 14.8. The van der Waals surface area contributed by atoms with Gasteiger partial charge in [0.15, 0.2) is 11.6 Å². The summed E-state index contributed by atoms with van der Waals surface area (Å²) in [6.45, 7) is 6.77. The maximum atomic E-state index is 14.8. The smallest absolute Gasteiger partial charge is 0.261 e. The fraction of sp³-hybridized carbons (Fsp3) is 0.450. The molecule has 2 aromatic heterocycles. The van der Waals surface area contributed by atoms with Crippen LogP contribution in [0.2, 0.25) is 0 Å². The van der Waals surface area contributed by atoms with Crippen LogP contribution in [-0.4, -0.2) is 34.8 Å². The van der Waals surface area contributed by atoms with E-state index in [0.29, 0.717) is 40.2 Å². The number of pyridine rings is 1. The van der Waals surface area contributed by atoms with Gasteiger partial charge in [0.1, 0.15) is 17.1 Å². The molecule has 0 bridgehead atoms. The summed E-state index contributed by atoms with van der Waals surface area (Å²) >= 11 is 0. The van der Waals surface area contributed by atoms with Crippen LogP contribution < -0.4 is 9.64 Å². The largest absolute Gasteiger partial charge is 0.497 e. The van der Waals surface area contributed by atoms with Crippen molar-refractivity contribution in [2.24, 2.45) is 0 Å². The molecule has 27 heavy (non-hydrogen) atoms. The lowest BCUT2D eigenvalue weighted by molar-refractivity contribution is 0.412. The summed E-state index contributed by atoms with van der Waals surface area (Å²) in [5.41, 5.74) is 1.96. The Labute approximate surface area is 157 Å². The van der Waals surface area contributed by atoms with E-state index < -0.39 is 5.82 Å². The monoisotopic (exact) mass is 370 g/mol. The van der Waals surface area contributed by atoms with Crippen LogP contribution in [0.15, 0.2) is 16.7 Å². The van der Waals surface area contributed by atoms with Crippen molar-refractivity contribution in [3.8, 4) is 17.2 Å². The van der Waals surface area contributed by atoms with Gasteiger partial charge < -0.3 is 14.2 Å². The number of halogens is 1. The second kappa shape index (κ2) is 6.79. The van der Waals surface area contributed by atoms with Gasteiger partial charge in [-0.05, 0) is 51.7 Å². The first-order chi connectivity index (χ1) is 13.0. The van der Waals surface area contributed by atoms with Crippen LogP contribution in [0, 0.1) is 19.7 Å². The summed E-state index contributed by atoms with van der Waals surface area (Å²) in [6, 6.07) is 3.48. The van der Waals surface area contributed by atoms with E-state index in [9.17, 15) is 4.39 Å². The third kappa shape index (κ3) is 3.01. The summed E-state index contributed by atoms with van der Waals surface area (Å²) in [5.74, 6) is 1.73. The fourth-order valence-corrected chi connectivity index (χ4v) is 3.83. The Hall–Kier alpha value is -2.70. The highest BCUT2D eigenvalue weighted by molar-refractivity contribution is 5.93. The lowest BCUT2D eigenvalue weighted by Gasteiger charge is -2.35. The van der Waals surface area contributed by atoms with E-state index in [2.05, 4.69) is 22.0 Å². The molecule has 142 valence electrons. The number of aryl methyl sites for hydroxylation is 2. The highest BCUT2D eigenvalue weighted by atomic mass is 19.1. The molecule has 0 amide bonds. The normalized spacial score (nSPS) is 17.5. The summed E-state index contributed by atoms with van der Waals surface area (Å²) in [5, 5.41) is 4.63. The van der Waals surface area contributed by atoms with Gasteiger partial charge >= 0.3 is 0 Å². The Morgan fingerprint density at radius 2 is 2.04 bits per heavy atom. The van der Waals surface area contributed by atoms with Crippen molar-refractivity contribution < 1.29 is 13.7 Å². The molecule has 1 fully saturated rings. The number of hydrogen-bond donors (Lipinski definition) is 0. The Morgan fingerprint density at radius 1 is 1.22 bits per heavy atom. The van der Waals surface area contributed by atoms with E-state index in [-0.39, 0.29) is 0 Å². The van der Waals surface area contributed by atoms with Gasteiger partial charge in [-0.3, -0.25) is 0 Å². The lowest BCUT2D eigenvalue weighted by atomic mass is 9.99. The molecule has 0 saturated carbocycles. The summed E-state index contributed by atoms with van der Waals surface area (Å²) in [7, 11) is 1.52. The van der Waals surface area contributed by atoms with Gasteiger partial charge in [0, 0.05) is 24.0 Å². The Bertz CT molecular complexity index is 1000. The zero-order valence-electron chi connectivity index (χ0n) is 16.0. The highest BCUT2D eigenvalue weighted by Gasteiger charge is 2.28. The number of methoxy groups -OCH3 is 1. The predicted octanol–water partition coefficient (Wildman–Crippen LogP) is 4.43. The van der Waals surface area contributed by atoms with Crippen LogP contribution in [-0.2, 0) is 0 Å². The van der Waals surface area contributed by atoms with Gasteiger partial charge in [-0.2, -0.15) is 4.98 Å². The molecule has 3 heterocycles. The first-order valence-corrected chi connectivity index (χ1v) is 9.24. The molecule has 0 N–H and O–H groups in total. The molecule has 4 rings (SSSR count). The molecule has 7 heteroatoms. The van der Waals surface area contributed by atoms with Crippen molar-refractivity contribution in [1.29, 1.82) is 0 Å². The molecule has 0 radical (unpaired) electrons. The number of benzene rings is 1. The third-order valence-electron chi connectivity index (χ3n) is 5.31. The summed E-state index contributed by atoms with van der Waals surface area (Å²) < 4.78 is 25.5. The minimum atomic E-state index is -0.397. The van der Waals surface area contributed by atoms with Crippen molar-refractivity contribution in [2.75, 3.05) is 18.6 Å². The maximum Gasteiger partial charge on any atom is 0.261 e. The van der Waals surface area contributed by atoms with E-state index in [0.717, 1.165) is 30.5 Å². The molecule has 3 aromatic rings. The molecule has 1 aliphatic heterocycles. The van der Waals surface area contributed by atoms with Crippen LogP contribution in [0.1, 0.15) is 37.6 Å². The third-order valence-corrected chi connectivity index (χ3v) is 5.31. The van der Waals surface area contributed by atoms with Crippen LogP contribution in [0.5, 0.6) is 5.75 Å². The number of ether oxygens (including phenoxy) is 1. The van der Waals surface area contributed by atoms with Crippen LogP contribution in [0.25, 0.3) is 22.4 Å². The van der Waals surface area contributed by atoms with Crippen LogP contribution in [0.4, 0.5) is 10.2 Å². The average molecular weight is 370 g/mol. The first kappa shape index (κ1) is 17.7. The van der Waals surface area contributed by atoms with Gasteiger partial charge in [-0.25, -0.2) is 9.37 Å². The molecule has 0 spiro atoms. The topological polar surface area (TPSA) is 64.3 Å². The Balaban J connectivity index is 2.03. The molecular weight excluding hydrogens is 347 g/mol. The van der Waals surface area contributed by atoms with Crippen molar-refractivity contribution in [3.63, 3.8) is 0 Å². The molecule has 1 aliphatic rings. The minimum absolute atomic E-state index is 0.312. The molecule has 1 saturated heterocycles. The number of anilines is 1. The van der Waals surface area contributed by atoms with Crippen molar-refractivity contribution in [1.82, 2.24) is 15.1 Å². The quantitative estimate of drug-likeness (QED) is 0.680. The Kier molecular flexibility index (Phi) is 4.45. The minimum Gasteiger partial charge on any atom is -0.497 e. The number of piperidine rings is 1. The summed E-state index contributed by atoms with van der Waals surface area (Å²) in [6.07, 6.45) is 3.34. The summed E-state index contributed by atoms with van der Waals surface area (Å²) in [4.78, 5) is 11.4.